The summed E-state index contributed by atoms with van der Waals surface area (Å²) in [5.74, 6) is -4.44. The number of nitrogens with one attached hydrogen (secondary N) is 2. The first-order valence-corrected chi connectivity index (χ1v) is 9.86. The molecule has 10 nitrogen and oxygen atoms in total. The van der Waals surface area contributed by atoms with Crippen molar-refractivity contribution in [2.75, 3.05) is 18.7 Å². The number of hydrogen-bond donors (Lipinski definition) is 3. The Labute approximate surface area is 185 Å². The van der Waals surface area contributed by atoms with E-state index in [9.17, 15) is 28.4 Å². The summed E-state index contributed by atoms with van der Waals surface area (Å²) >= 11 is 0. The zero-order valence-corrected chi connectivity index (χ0v) is 18.3. The van der Waals surface area contributed by atoms with Gasteiger partial charge in [-0.2, -0.15) is 0 Å². The lowest BCUT2D eigenvalue weighted by atomic mass is 10.0. The number of methoxy groups -OCH3 is 1. The second-order valence-electron chi connectivity index (χ2n) is 7.35. The van der Waals surface area contributed by atoms with Crippen molar-refractivity contribution in [3.8, 4) is 0 Å². The molecule has 0 spiro atoms. The summed E-state index contributed by atoms with van der Waals surface area (Å²) in [6.45, 7) is 3.28. The highest BCUT2D eigenvalue weighted by Crippen LogP contribution is 2.22. The molecular formula is C21H28FN3O7. The molecule has 0 aromatic heterocycles. The highest BCUT2D eigenvalue weighted by atomic mass is 19.1. The summed E-state index contributed by atoms with van der Waals surface area (Å²) in [5, 5.41) is 13.4. The van der Waals surface area contributed by atoms with Crippen LogP contribution in [-0.4, -0.2) is 66.7 Å². The Hall–Kier alpha value is -3.50. The van der Waals surface area contributed by atoms with Crippen molar-refractivity contribution in [3.63, 3.8) is 0 Å². The number of carboxylic acids is 1. The van der Waals surface area contributed by atoms with Gasteiger partial charge in [0.05, 0.1) is 13.5 Å². The number of ketones is 1. The summed E-state index contributed by atoms with van der Waals surface area (Å²) in [6, 6.07) is 4.51. The van der Waals surface area contributed by atoms with Gasteiger partial charge < -0.3 is 20.5 Å². The van der Waals surface area contributed by atoms with Crippen molar-refractivity contribution in [3.05, 3.63) is 30.3 Å². The van der Waals surface area contributed by atoms with Gasteiger partial charge in [0.15, 0.2) is 5.78 Å². The van der Waals surface area contributed by atoms with E-state index >= 15 is 0 Å². The molecule has 0 saturated heterocycles. The number of aliphatic carboxylic acids is 1. The molecule has 0 aliphatic carbocycles. The van der Waals surface area contributed by atoms with Crippen LogP contribution in [0.25, 0.3) is 0 Å². The number of para-hydroxylation sites is 1. The van der Waals surface area contributed by atoms with Gasteiger partial charge in [0.2, 0.25) is 11.8 Å². The van der Waals surface area contributed by atoms with Crippen molar-refractivity contribution in [1.82, 2.24) is 10.6 Å². The molecule has 0 heterocycles. The number of halogens is 1. The fourth-order valence-corrected chi connectivity index (χ4v) is 2.96. The number of anilines is 1. The third-order valence-corrected chi connectivity index (χ3v) is 4.55. The van der Waals surface area contributed by atoms with Crippen LogP contribution in [0.3, 0.4) is 0 Å². The maximum absolute atomic E-state index is 13.0. The van der Waals surface area contributed by atoms with Crippen LogP contribution in [-0.2, 0) is 23.9 Å². The van der Waals surface area contributed by atoms with Gasteiger partial charge in [-0.1, -0.05) is 32.0 Å². The standard InChI is InChI=1S/C21H28FN3O7/c1-12(2)18(25(21(31)32-4)14-8-6-5-7-9-14)20(30)23-13(3)19(29)24-15(10-17(27)28)16(26)11-22/h5-9,12-13,15,18H,10-11H2,1-4H3,(H,23,30)(H,24,29)(H,27,28)/t13-,15-,18-/m0/s1. The van der Waals surface area contributed by atoms with Crippen molar-refractivity contribution >= 4 is 35.3 Å². The number of Topliss-reactive ketones (excluding diaryl/α,β-unsaturated/α-hetero) is 1. The molecule has 11 heteroatoms. The van der Waals surface area contributed by atoms with Crippen LogP contribution in [0.15, 0.2) is 30.3 Å². The van der Waals surface area contributed by atoms with Gasteiger partial charge in [0.1, 0.15) is 24.8 Å². The average molecular weight is 453 g/mol. The molecule has 1 aromatic rings. The first-order chi connectivity index (χ1) is 15.0. The van der Waals surface area contributed by atoms with E-state index in [0.29, 0.717) is 5.69 Å². The minimum absolute atomic E-state index is 0.391. The molecule has 3 amide bonds. The fourth-order valence-electron chi connectivity index (χ4n) is 2.96. The lowest BCUT2D eigenvalue weighted by Gasteiger charge is -2.33. The van der Waals surface area contributed by atoms with E-state index < -0.39 is 66.8 Å². The molecule has 3 N–H and O–H groups in total. The van der Waals surface area contributed by atoms with Gasteiger partial charge in [0.25, 0.3) is 0 Å². The van der Waals surface area contributed by atoms with Crippen molar-refractivity contribution in [2.24, 2.45) is 5.92 Å². The van der Waals surface area contributed by atoms with Crippen LogP contribution in [0, 0.1) is 5.92 Å². The Morgan fingerprint density at radius 1 is 1.03 bits per heavy atom. The van der Waals surface area contributed by atoms with Crippen LogP contribution in [0.5, 0.6) is 0 Å². The van der Waals surface area contributed by atoms with Crippen LogP contribution in [0.2, 0.25) is 0 Å². The first-order valence-electron chi connectivity index (χ1n) is 9.86. The van der Waals surface area contributed by atoms with Crippen LogP contribution < -0.4 is 15.5 Å². The minimum atomic E-state index is -1.57. The summed E-state index contributed by atoms with van der Waals surface area (Å²) in [4.78, 5) is 61.5. The lowest BCUT2D eigenvalue weighted by Crippen LogP contribution is -2.57. The molecule has 3 atom stereocenters. The molecular weight excluding hydrogens is 425 g/mol. The largest absolute Gasteiger partial charge is 0.481 e. The molecule has 0 fully saturated rings. The highest BCUT2D eigenvalue weighted by Gasteiger charge is 2.36. The third-order valence-electron chi connectivity index (χ3n) is 4.55. The lowest BCUT2D eigenvalue weighted by molar-refractivity contribution is -0.140. The molecule has 0 aliphatic rings. The average Bonchev–Trinajstić information content (AvgIpc) is 2.75. The zero-order chi connectivity index (χ0) is 24.4. The Morgan fingerprint density at radius 2 is 1.62 bits per heavy atom. The van der Waals surface area contributed by atoms with Crippen LogP contribution in [0.4, 0.5) is 14.9 Å². The van der Waals surface area contributed by atoms with E-state index in [2.05, 4.69) is 10.6 Å². The number of carboxylic acid groups (broad SMARTS) is 1. The first kappa shape index (κ1) is 26.5. The van der Waals surface area contributed by atoms with Gasteiger partial charge in [-0.3, -0.25) is 24.1 Å². The van der Waals surface area contributed by atoms with E-state index in [1.807, 2.05) is 0 Å². The van der Waals surface area contributed by atoms with E-state index in [-0.39, 0.29) is 0 Å². The summed E-state index contributed by atoms with van der Waals surface area (Å²) in [6.07, 6.45) is -1.58. The minimum Gasteiger partial charge on any atom is -0.481 e. The van der Waals surface area contributed by atoms with E-state index in [1.54, 1.807) is 44.2 Å². The Bertz CT molecular complexity index is 832. The van der Waals surface area contributed by atoms with E-state index in [1.165, 1.54) is 14.0 Å². The number of ether oxygens (including phenoxy) is 1. The molecule has 0 aliphatic heterocycles. The third kappa shape index (κ3) is 7.33. The molecule has 1 rings (SSSR count). The van der Waals surface area contributed by atoms with Crippen molar-refractivity contribution < 1.29 is 38.2 Å². The summed E-state index contributed by atoms with van der Waals surface area (Å²) < 4.78 is 17.5. The highest BCUT2D eigenvalue weighted by molar-refractivity contribution is 6.00. The van der Waals surface area contributed by atoms with Gasteiger partial charge in [0, 0.05) is 5.69 Å². The second kappa shape index (κ2) is 12.4. The number of carbonyl (C=O) groups is 5. The number of alkyl halides is 1. The molecule has 0 unspecified atom stereocenters. The molecule has 0 radical (unpaired) electrons. The number of amides is 3. The topological polar surface area (TPSA) is 142 Å². The summed E-state index contributed by atoms with van der Waals surface area (Å²) in [7, 11) is 1.17. The molecule has 32 heavy (non-hydrogen) atoms. The quantitative estimate of drug-likeness (QED) is 0.458. The number of rotatable bonds is 11. The van der Waals surface area contributed by atoms with E-state index in [4.69, 9.17) is 9.84 Å². The maximum Gasteiger partial charge on any atom is 0.414 e. The maximum atomic E-state index is 13.0. The van der Waals surface area contributed by atoms with Crippen LogP contribution in [0.1, 0.15) is 27.2 Å². The Balaban J connectivity index is 3.05. The zero-order valence-electron chi connectivity index (χ0n) is 18.3. The van der Waals surface area contributed by atoms with Crippen molar-refractivity contribution in [1.29, 1.82) is 0 Å². The predicted molar refractivity (Wildman–Crippen MR) is 113 cm³/mol. The van der Waals surface area contributed by atoms with Gasteiger partial charge >= 0.3 is 12.1 Å². The van der Waals surface area contributed by atoms with Gasteiger partial charge in [-0.15, -0.1) is 0 Å². The number of nitrogens with zero attached hydrogens (tertiary/aromatic N) is 1. The predicted octanol–water partition coefficient (Wildman–Crippen LogP) is 1.29. The monoisotopic (exact) mass is 453 g/mol. The van der Waals surface area contributed by atoms with Gasteiger partial charge in [-0.25, -0.2) is 9.18 Å². The second-order valence-corrected chi connectivity index (χ2v) is 7.35. The van der Waals surface area contributed by atoms with Crippen LogP contribution >= 0.6 is 0 Å². The summed E-state index contributed by atoms with van der Waals surface area (Å²) in [5.41, 5.74) is 0.403. The number of hydrogen-bond acceptors (Lipinski definition) is 6. The molecule has 0 saturated carbocycles. The number of carbonyl (C=O) groups excluding carboxylic acids is 4. The normalized spacial score (nSPS) is 13.4. The van der Waals surface area contributed by atoms with Crippen molar-refractivity contribution in [2.45, 2.75) is 45.3 Å². The SMILES string of the molecule is COC(=O)N(c1ccccc1)[C@H](C(=O)N[C@@H](C)C(=O)N[C@@H](CC(=O)O)C(=O)CF)C(C)C. The number of benzene rings is 1. The smallest absolute Gasteiger partial charge is 0.414 e. The molecule has 0 bridgehead atoms. The van der Waals surface area contributed by atoms with E-state index in [0.717, 1.165) is 4.90 Å². The molecule has 1 aromatic carbocycles. The van der Waals surface area contributed by atoms with Gasteiger partial charge in [-0.05, 0) is 25.0 Å². The Morgan fingerprint density at radius 3 is 2.09 bits per heavy atom. The Kier molecular flexibility index (Phi) is 10.3. The fraction of sp³-hybridized carbons (Fsp3) is 0.476. The molecule has 176 valence electrons.